The fraction of sp³-hybridized carbons (Fsp3) is 0.412. The number of ether oxygens (including phenoxy) is 1. The van der Waals surface area contributed by atoms with Crippen molar-refractivity contribution < 1.29 is 14.3 Å². The van der Waals surface area contributed by atoms with Crippen LogP contribution in [0.5, 0.6) is 0 Å². The number of aliphatic hydroxyl groups is 1. The van der Waals surface area contributed by atoms with Crippen molar-refractivity contribution in [1.82, 2.24) is 5.32 Å². The largest absolute Gasteiger partial charge is 0.469 e. The smallest absolute Gasteiger partial charge is 0.105 e. The van der Waals surface area contributed by atoms with E-state index in [-0.39, 0.29) is 6.10 Å². The van der Waals surface area contributed by atoms with Crippen molar-refractivity contribution in [1.29, 1.82) is 0 Å². The lowest BCUT2D eigenvalue weighted by Crippen LogP contribution is -2.31. The van der Waals surface area contributed by atoms with E-state index in [2.05, 4.69) is 5.32 Å². The molecule has 4 heteroatoms. The third kappa shape index (κ3) is 5.71. The van der Waals surface area contributed by atoms with Crippen molar-refractivity contribution in [2.45, 2.75) is 25.6 Å². The maximum Gasteiger partial charge on any atom is 0.105 e. The molecular formula is C17H23NO3. The summed E-state index contributed by atoms with van der Waals surface area (Å²) in [6.45, 7) is 3.61. The number of rotatable bonds is 9. The summed E-state index contributed by atoms with van der Waals surface area (Å²) in [6.07, 6.45) is 1.97. The van der Waals surface area contributed by atoms with Gasteiger partial charge in [0.2, 0.25) is 0 Å². The summed E-state index contributed by atoms with van der Waals surface area (Å²) in [6, 6.07) is 13.8. The highest BCUT2D eigenvalue weighted by molar-refractivity contribution is 5.16. The Morgan fingerprint density at radius 1 is 1.19 bits per heavy atom. The van der Waals surface area contributed by atoms with Crippen LogP contribution in [0.25, 0.3) is 0 Å². The van der Waals surface area contributed by atoms with E-state index in [1.165, 1.54) is 0 Å². The number of nitrogens with one attached hydrogen (secondary N) is 1. The Kier molecular flexibility index (Phi) is 6.47. The molecule has 0 fully saturated rings. The summed E-state index contributed by atoms with van der Waals surface area (Å²) >= 11 is 0. The first-order valence-corrected chi connectivity index (χ1v) is 7.33. The number of hydrogen-bond acceptors (Lipinski definition) is 4. The van der Waals surface area contributed by atoms with Gasteiger partial charge in [-0.2, -0.15) is 0 Å². The normalized spacial score (nSPS) is 14.0. The Balaban J connectivity index is 1.58. The van der Waals surface area contributed by atoms with Gasteiger partial charge in [0.15, 0.2) is 0 Å². The van der Waals surface area contributed by atoms with Gasteiger partial charge in [-0.25, -0.2) is 0 Å². The standard InChI is InChI=1S/C17H23NO3/c1-14(15-6-3-2-4-7-15)21-13-16(19)12-18-10-9-17-8-5-11-20-17/h2-8,11,14,16,18-19H,9-10,12-13H2,1H3. The molecule has 2 unspecified atom stereocenters. The van der Waals surface area contributed by atoms with E-state index < -0.39 is 6.10 Å². The molecule has 114 valence electrons. The molecular weight excluding hydrogens is 266 g/mol. The molecule has 0 radical (unpaired) electrons. The lowest BCUT2D eigenvalue weighted by molar-refractivity contribution is -0.00194. The minimum Gasteiger partial charge on any atom is -0.469 e. The first-order valence-electron chi connectivity index (χ1n) is 7.33. The molecule has 0 bridgehead atoms. The highest BCUT2D eigenvalue weighted by atomic mass is 16.5. The summed E-state index contributed by atoms with van der Waals surface area (Å²) in [5.74, 6) is 0.950. The average molecular weight is 289 g/mol. The van der Waals surface area contributed by atoms with E-state index >= 15 is 0 Å². The maximum atomic E-state index is 9.89. The number of aliphatic hydroxyl groups excluding tert-OH is 1. The first kappa shape index (κ1) is 15.8. The van der Waals surface area contributed by atoms with Crippen LogP contribution in [0.2, 0.25) is 0 Å². The summed E-state index contributed by atoms with van der Waals surface area (Å²) in [5, 5.41) is 13.1. The van der Waals surface area contributed by atoms with E-state index in [1.54, 1.807) is 6.26 Å². The Morgan fingerprint density at radius 3 is 2.71 bits per heavy atom. The third-order valence-electron chi connectivity index (χ3n) is 3.32. The molecule has 0 aliphatic carbocycles. The van der Waals surface area contributed by atoms with Gasteiger partial charge in [-0.05, 0) is 24.6 Å². The predicted molar refractivity (Wildman–Crippen MR) is 82.1 cm³/mol. The average Bonchev–Trinajstić information content (AvgIpc) is 3.03. The molecule has 2 aromatic rings. The Hall–Kier alpha value is -1.62. The van der Waals surface area contributed by atoms with Crippen LogP contribution in [0.15, 0.2) is 53.1 Å². The van der Waals surface area contributed by atoms with Crippen molar-refractivity contribution >= 4 is 0 Å². The topological polar surface area (TPSA) is 54.6 Å². The summed E-state index contributed by atoms with van der Waals surface area (Å²) < 4.78 is 10.9. The molecule has 4 nitrogen and oxygen atoms in total. The van der Waals surface area contributed by atoms with Crippen LogP contribution < -0.4 is 5.32 Å². The number of furan rings is 1. The van der Waals surface area contributed by atoms with E-state index in [0.717, 1.165) is 24.3 Å². The molecule has 0 aliphatic heterocycles. The molecule has 2 atom stereocenters. The molecule has 0 saturated carbocycles. The number of hydrogen-bond donors (Lipinski definition) is 2. The highest BCUT2D eigenvalue weighted by Crippen LogP contribution is 2.15. The van der Waals surface area contributed by atoms with Crippen LogP contribution in [0.4, 0.5) is 0 Å². The van der Waals surface area contributed by atoms with Gasteiger partial charge >= 0.3 is 0 Å². The Bertz CT molecular complexity index is 484. The summed E-state index contributed by atoms with van der Waals surface area (Å²) in [5.41, 5.74) is 1.12. The zero-order chi connectivity index (χ0) is 14.9. The molecule has 2 N–H and O–H groups in total. The zero-order valence-electron chi connectivity index (χ0n) is 12.4. The molecule has 21 heavy (non-hydrogen) atoms. The minimum absolute atomic E-state index is 0.0102. The van der Waals surface area contributed by atoms with Crippen LogP contribution >= 0.6 is 0 Å². The van der Waals surface area contributed by atoms with Crippen LogP contribution in [0.3, 0.4) is 0 Å². The molecule has 0 aliphatic rings. The molecule has 0 spiro atoms. The van der Waals surface area contributed by atoms with E-state index in [9.17, 15) is 5.11 Å². The highest BCUT2D eigenvalue weighted by Gasteiger charge is 2.09. The second-order valence-electron chi connectivity index (χ2n) is 5.07. The van der Waals surface area contributed by atoms with Crippen LogP contribution in [0.1, 0.15) is 24.4 Å². The minimum atomic E-state index is -0.507. The van der Waals surface area contributed by atoms with E-state index in [1.807, 2.05) is 49.4 Å². The van der Waals surface area contributed by atoms with E-state index in [4.69, 9.17) is 9.15 Å². The van der Waals surface area contributed by atoms with Gasteiger partial charge in [0.05, 0.1) is 25.1 Å². The summed E-state index contributed by atoms with van der Waals surface area (Å²) in [7, 11) is 0. The molecule has 0 amide bonds. The van der Waals surface area contributed by atoms with Crippen molar-refractivity contribution in [3.63, 3.8) is 0 Å². The molecule has 2 rings (SSSR count). The summed E-state index contributed by atoms with van der Waals surface area (Å²) in [4.78, 5) is 0. The predicted octanol–water partition coefficient (Wildman–Crippen LogP) is 2.55. The fourth-order valence-electron chi connectivity index (χ4n) is 2.07. The van der Waals surface area contributed by atoms with Crippen molar-refractivity contribution in [3.8, 4) is 0 Å². The van der Waals surface area contributed by atoms with Crippen LogP contribution in [0, 0.1) is 0 Å². The Morgan fingerprint density at radius 2 is 2.00 bits per heavy atom. The van der Waals surface area contributed by atoms with Gasteiger partial charge in [-0.3, -0.25) is 0 Å². The van der Waals surface area contributed by atoms with Gasteiger partial charge in [0.25, 0.3) is 0 Å². The molecule has 1 heterocycles. The van der Waals surface area contributed by atoms with Gasteiger partial charge < -0.3 is 19.6 Å². The Labute approximate surface area is 125 Å². The lowest BCUT2D eigenvalue weighted by Gasteiger charge is -2.17. The lowest BCUT2D eigenvalue weighted by atomic mass is 10.1. The van der Waals surface area contributed by atoms with Crippen molar-refractivity contribution in [2.24, 2.45) is 0 Å². The monoisotopic (exact) mass is 289 g/mol. The third-order valence-corrected chi connectivity index (χ3v) is 3.32. The SMILES string of the molecule is CC(OCC(O)CNCCc1ccco1)c1ccccc1. The number of benzene rings is 1. The molecule has 1 aromatic heterocycles. The molecule has 1 aromatic carbocycles. The van der Waals surface area contributed by atoms with Crippen molar-refractivity contribution in [2.75, 3.05) is 19.7 Å². The quantitative estimate of drug-likeness (QED) is 0.697. The zero-order valence-corrected chi connectivity index (χ0v) is 12.4. The van der Waals surface area contributed by atoms with Gasteiger partial charge in [-0.1, -0.05) is 30.3 Å². The molecule has 0 saturated heterocycles. The fourth-order valence-corrected chi connectivity index (χ4v) is 2.07. The van der Waals surface area contributed by atoms with Crippen LogP contribution in [-0.2, 0) is 11.2 Å². The maximum absolute atomic E-state index is 9.89. The van der Waals surface area contributed by atoms with Crippen molar-refractivity contribution in [3.05, 3.63) is 60.1 Å². The second-order valence-corrected chi connectivity index (χ2v) is 5.07. The van der Waals surface area contributed by atoms with Gasteiger partial charge in [0, 0.05) is 19.5 Å². The van der Waals surface area contributed by atoms with Gasteiger partial charge in [0.1, 0.15) is 5.76 Å². The van der Waals surface area contributed by atoms with E-state index in [0.29, 0.717) is 13.2 Å². The second kappa shape index (κ2) is 8.62. The van der Waals surface area contributed by atoms with Gasteiger partial charge in [-0.15, -0.1) is 0 Å². The first-order chi connectivity index (χ1) is 10.3. The van der Waals surface area contributed by atoms with Crippen LogP contribution in [-0.4, -0.2) is 30.9 Å².